The van der Waals surface area contributed by atoms with Gasteiger partial charge in [-0.25, -0.2) is 9.78 Å². The lowest BCUT2D eigenvalue weighted by Crippen LogP contribution is -2.39. The third-order valence-corrected chi connectivity index (χ3v) is 5.63. The van der Waals surface area contributed by atoms with Crippen LogP contribution in [0, 0.1) is 0 Å². The molecule has 0 spiro atoms. The van der Waals surface area contributed by atoms with Crippen LogP contribution in [0.1, 0.15) is 35.1 Å². The Balaban J connectivity index is 1.58. The summed E-state index contributed by atoms with van der Waals surface area (Å²) in [5.74, 6) is 0.931. The number of hydrogen-bond donors (Lipinski definition) is 1. The van der Waals surface area contributed by atoms with E-state index in [4.69, 9.17) is 0 Å². The quantitative estimate of drug-likeness (QED) is 0.887. The second-order valence-electron chi connectivity index (χ2n) is 5.59. The Bertz CT molecular complexity index is 644. The Labute approximate surface area is 145 Å². The van der Waals surface area contributed by atoms with Crippen LogP contribution in [0.25, 0.3) is 0 Å². The molecule has 0 saturated carbocycles. The molecule has 122 valence electrons. The molecule has 1 aliphatic rings. The van der Waals surface area contributed by atoms with Gasteiger partial charge in [0.2, 0.25) is 0 Å². The minimum absolute atomic E-state index is 0.00997. The second kappa shape index (κ2) is 7.84. The summed E-state index contributed by atoms with van der Waals surface area (Å²) in [6.45, 7) is 1.32. The zero-order valence-corrected chi connectivity index (χ0v) is 14.8. The van der Waals surface area contributed by atoms with Gasteiger partial charge in [0, 0.05) is 17.7 Å². The molecule has 0 radical (unpaired) electrons. The number of amides is 2. The highest BCUT2D eigenvalue weighted by atomic mass is 32.2. The lowest BCUT2D eigenvalue weighted by Gasteiger charge is -2.25. The Morgan fingerprint density at radius 1 is 1.43 bits per heavy atom. The lowest BCUT2D eigenvalue weighted by atomic mass is 10.1. The van der Waals surface area contributed by atoms with Gasteiger partial charge in [-0.1, -0.05) is 30.3 Å². The molecule has 1 aliphatic heterocycles. The van der Waals surface area contributed by atoms with Crippen LogP contribution in [0.4, 0.5) is 4.79 Å². The first-order chi connectivity index (χ1) is 11.3. The van der Waals surface area contributed by atoms with Crippen molar-refractivity contribution in [1.29, 1.82) is 0 Å². The van der Waals surface area contributed by atoms with Crippen LogP contribution in [0.2, 0.25) is 0 Å². The standard InChI is InChI=1S/C17H21N3OS2/c1-22-12-16-19-14(11-23-16)10-18-17(21)20-9-5-8-15(20)13-6-3-2-4-7-13/h2-4,6-7,11,15H,5,8-10,12H2,1H3,(H,18,21)/t15-/m1/s1. The van der Waals surface area contributed by atoms with E-state index < -0.39 is 0 Å². The number of benzene rings is 1. The topological polar surface area (TPSA) is 45.2 Å². The molecule has 3 rings (SSSR count). The van der Waals surface area contributed by atoms with Gasteiger partial charge in [0.1, 0.15) is 5.01 Å². The minimum atomic E-state index is 0.00997. The summed E-state index contributed by atoms with van der Waals surface area (Å²) in [5.41, 5.74) is 2.17. The Morgan fingerprint density at radius 2 is 2.26 bits per heavy atom. The van der Waals surface area contributed by atoms with Crippen molar-refractivity contribution in [2.45, 2.75) is 31.2 Å². The summed E-state index contributed by atoms with van der Waals surface area (Å²) in [7, 11) is 0. The fraction of sp³-hybridized carbons (Fsp3) is 0.412. The average molecular weight is 348 g/mol. The third-order valence-electron chi connectivity index (χ3n) is 3.99. The minimum Gasteiger partial charge on any atom is -0.332 e. The van der Waals surface area contributed by atoms with Crippen molar-refractivity contribution in [2.24, 2.45) is 0 Å². The smallest absolute Gasteiger partial charge is 0.318 e. The van der Waals surface area contributed by atoms with Crippen LogP contribution >= 0.6 is 23.1 Å². The van der Waals surface area contributed by atoms with E-state index in [1.54, 1.807) is 23.1 Å². The first-order valence-corrected chi connectivity index (χ1v) is 10.1. The number of carbonyl (C=O) groups excluding carboxylic acids is 1. The molecule has 6 heteroatoms. The molecule has 2 amide bonds. The van der Waals surface area contributed by atoms with E-state index in [1.807, 2.05) is 28.5 Å². The molecule has 1 aromatic heterocycles. The van der Waals surface area contributed by atoms with Gasteiger partial charge in [0.05, 0.1) is 18.3 Å². The summed E-state index contributed by atoms with van der Waals surface area (Å²) in [6, 6.07) is 10.5. The number of thioether (sulfide) groups is 1. The van der Waals surface area contributed by atoms with E-state index in [9.17, 15) is 4.79 Å². The summed E-state index contributed by atoms with van der Waals surface area (Å²) < 4.78 is 0. The molecule has 4 nitrogen and oxygen atoms in total. The third kappa shape index (κ3) is 4.06. The zero-order valence-electron chi connectivity index (χ0n) is 13.2. The van der Waals surface area contributed by atoms with Crippen molar-refractivity contribution >= 4 is 29.1 Å². The molecular formula is C17H21N3OS2. The molecule has 1 atom stereocenters. The van der Waals surface area contributed by atoms with Gasteiger partial charge < -0.3 is 10.2 Å². The fourth-order valence-corrected chi connectivity index (χ4v) is 4.43. The van der Waals surface area contributed by atoms with Gasteiger partial charge >= 0.3 is 6.03 Å². The Kier molecular flexibility index (Phi) is 5.56. The van der Waals surface area contributed by atoms with E-state index in [0.717, 1.165) is 35.8 Å². The molecular weight excluding hydrogens is 326 g/mol. The van der Waals surface area contributed by atoms with Gasteiger partial charge in [0.25, 0.3) is 0 Å². The highest BCUT2D eigenvalue weighted by molar-refractivity contribution is 7.97. The number of carbonyl (C=O) groups is 1. The summed E-state index contributed by atoms with van der Waals surface area (Å²) in [4.78, 5) is 19.0. The Hall–Kier alpha value is -1.53. The zero-order chi connectivity index (χ0) is 16.1. The van der Waals surface area contributed by atoms with Crippen molar-refractivity contribution in [3.8, 4) is 0 Å². The summed E-state index contributed by atoms with van der Waals surface area (Å²) >= 11 is 3.42. The number of nitrogens with zero attached hydrogens (tertiary/aromatic N) is 2. The van der Waals surface area contributed by atoms with E-state index >= 15 is 0 Å². The maximum absolute atomic E-state index is 12.5. The molecule has 0 unspecified atom stereocenters. The second-order valence-corrected chi connectivity index (χ2v) is 7.40. The number of rotatable bonds is 5. The van der Waals surface area contributed by atoms with E-state index in [-0.39, 0.29) is 12.1 Å². The average Bonchev–Trinajstić information content (AvgIpc) is 3.23. The Morgan fingerprint density at radius 3 is 3.04 bits per heavy atom. The number of likely N-dealkylation sites (tertiary alicyclic amines) is 1. The van der Waals surface area contributed by atoms with Crippen LogP contribution in [0.15, 0.2) is 35.7 Å². The van der Waals surface area contributed by atoms with Crippen molar-refractivity contribution in [1.82, 2.24) is 15.2 Å². The van der Waals surface area contributed by atoms with Gasteiger partial charge in [0.15, 0.2) is 0 Å². The number of aromatic nitrogens is 1. The molecule has 1 fully saturated rings. The maximum Gasteiger partial charge on any atom is 0.318 e. The van der Waals surface area contributed by atoms with Crippen LogP contribution in [-0.4, -0.2) is 28.7 Å². The monoisotopic (exact) mass is 347 g/mol. The number of urea groups is 1. The number of nitrogens with one attached hydrogen (secondary N) is 1. The predicted molar refractivity (Wildman–Crippen MR) is 96.7 cm³/mol. The van der Waals surface area contributed by atoms with Crippen LogP contribution in [0.3, 0.4) is 0 Å². The van der Waals surface area contributed by atoms with Crippen molar-refractivity contribution in [3.63, 3.8) is 0 Å². The maximum atomic E-state index is 12.5. The largest absolute Gasteiger partial charge is 0.332 e. The first-order valence-electron chi connectivity index (χ1n) is 7.79. The molecule has 0 bridgehead atoms. The molecule has 23 heavy (non-hydrogen) atoms. The highest BCUT2D eigenvalue weighted by Gasteiger charge is 2.29. The van der Waals surface area contributed by atoms with Crippen molar-refractivity contribution < 1.29 is 4.79 Å². The summed E-state index contributed by atoms with van der Waals surface area (Å²) in [6.07, 6.45) is 4.16. The van der Waals surface area contributed by atoms with Crippen molar-refractivity contribution in [2.75, 3.05) is 12.8 Å². The fourth-order valence-electron chi connectivity index (χ4n) is 2.92. The van der Waals surface area contributed by atoms with E-state index in [0.29, 0.717) is 6.54 Å². The molecule has 1 saturated heterocycles. The van der Waals surface area contributed by atoms with Crippen molar-refractivity contribution in [3.05, 3.63) is 52.0 Å². The normalized spacial score (nSPS) is 17.4. The van der Waals surface area contributed by atoms with E-state index in [1.165, 1.54) is 5.56 Å². The molecule has 2 heterocycles. The van der Waals surface area contributed by atoms with Gasteiger partial charge in [-0.15, -0.1) is 11.3 Å². The van der Waals surface area contributed by atoms with Crippen LogP contribution in [0.5, 0.6) is 0 Å². The molecule has 2 aromatic rings. The molecule has 1 aromatic carbocycles. The predicted octanol–water partition coefficient (Wildman–Crippen LogP) is 4.05. The highest BCUT2D eigenvalue weighted by Crippen LogP contribution is 2.31. The lowest BCUT2D eigenvalue weighted by molar-refractivity contribution is 0.192. The molecule has 1 N–H and O–H groups in total. The number of hydrogen-bond acceptors (Lipinski definition) is 4. The molecule has 0 aliphatic carbocycles. The number of thiazole rings is 1. The SMILES string of the molecule is CSCc1nc(CNC(=O)N2CCC[C@@H]2c2ccccc2)cs1. The van der Waals surface area contributed by atoms with Crippen LogP contribution < -0.4 is 5.32 Å². The first kappa shape index (κ1) is 16.3. The van der Waals surface area contributed by atoms with Crippen LogP contribution in [-0.2, 0) is 12.3 Å². The van der Waals surface area contributed by atoms with Gasteiger partial charge in [-0.2, -0.15) is 11.8 Å². The van der Waals surface area contributed by atoms with Gasteiger partial charge in [-0.05, 0) is 24.7 Å². The van der Waals surface area contributed by atoms with E-state index in [2.05, 4.69) is 28.7 Å². The summed E-state index contributed by atoms with van der Waals surface area (Å²) in [5, 5.41) is 6.17. The van der Waals surface area contributed by atoms with Gasteiger partial charge in [-0.3, -0.25) is 0 Å².